The lowest BCUT2D eigenvalue weighted by atomic mass is 9.80. The maximum Gasteiger partial charge on any atom is 0.317 e. The van der Waals surface area contributed by atoms with E-state index in [2.05, 4.69) is 5.32 Å². The number of carbonyl (C=O) groups excluding carboxylic acids is 1. The number of ether oxygens (including phenoxy) is 2. The van der Waals surface area contributed by atoms with Crippen LogP contribution in [0.15, 0.2) is 18.2 Å². The molecule has 1 aliphatic carbocycles. The van der Waals surface area contributed by atoms with Crippen molar-refractivity contribution >= 4 is 17.6 Å². The van der Waals surface area contributed by atoms with E-state index in [1.54, 1.807) is 26.2 Å². The highest BCUT2D eigenvalue weighted by molar-refractivity contribution is 6.32. The molecule has 0 spiro atoms. The number of methoxy groups -OCH3 is 2. The summed E-state index contributed by atoms with van der Waals surface area (Å²) in [6, 6.07) is 5.68. The molecule has 0 saturated heterocycles. The van der Waals surface area contributed by atoms with Crippen LogP contribution in [-0.2, 0) is 11.3 Å². The predicted molar refractivity (Wildman–Crippen MR) is 86.4 cm³/mol. The summed E-state index contributed by atoms with van der Waals surface area (Å²) in [6.45, 7) is 1.19. The van der Waals surface area contributed by atoms with Crippen molar-refractivity contribution in [1.82, 2.24) is 10.2 Å². The molecule has 1 aromatic carbocycles. The van der Waals surface area contributed by atoms with E-state index < -0.39 is 0 Å². The maximum absolute atomic E-state index is 12.2. The minimum Gasteiger partial charge on any atom is -0.495 e. The molecule has 0 aromatic heterocycles. The summed E-state index contributed by atoms with van der Waals surface area (Å²) in [5, 5.41) is 3.61. The van der Waals surface area contributed by atoms with Gasteiger partial charge in [0.25, 0.3) is 0 Å². The van der Waals surface area contributed by atoms with Gasteiger partial charge in [0.05, 0.1) is 18.7 Å². The summed E-state index contributed by atoms with van der Waals surface area (Å²) in [5.41, 5.74) is 0.963. The van der Waals surface area contributed by atoms with Gasteiger partial charge in [-0.1, -0.05) is 17.7 Å². The summed E-state index contributed by atoms with van der Waals surface area (Å²) in [5.74, 6) is 1.06. The number of amides is 2. The van der Waals surface area contributed by atoms with Gasteiger partial charge in [-0.25, -0.2) is 4.79 Å². The number of urea groups is 1. The lowest BCUT2D eigenvalue weighted by Gasteiger charge is -2.37. The molecule has 2 amide bonds. The van der Waals surface area contributed by atoms with E-state index in [0.717, 1.165) is 18.4 Å². The highest BCUT2D eigenvalue weighted by Crippen LogP contribution is 2.28. The van der Waals surface area contributed by atoms with Crippen molar-refractivity contribution in [1.29, 1.82) is 0 Å². The molecule has 1 aliphatic rings. The van der Waals surface area contributed by atoms with Crippen molar-refractivity contribution in [3.05, 3.63) is 28.8 Å². The number of rotatable bonds is 6. The molecule has 6 heteroatoms. The lowest BCUT2D eigenvalue weighted by molar-refractivity contribution is 0.0803. The Balaban J connectivity index is 1.87. The number of nitrogens with one attached hydrogen (secondary N) is 1. The van der Waals surface area contributed by atoms with Crippen LogP contribution < -0.4 is 10.1 Å². The van der Waals surface area contributed by atoms with Crippen LogP contribution >= 0.6 is 11.6 Å². The predicted octanol–water partition coefficient (Wildman–Crippen LogP) is 2.92. The first kappa shape index (κ1) is 16.9. The first-order chi connectivity index (χ1) is 10.5. The van der Waals surface area contributed by atoms with E-state index >= 15 is 0 Å². The van der Waals surface area contributed by atoms with Crippen molar-refractivity contribution in [2.24, 2.45) is 5.92 Å². The Labute approximate surface area is 136 Å². The average Bonchev–Trinajstić information content (AvgIpc) is 2.49. The zero-order chi connectivity index (χ0) is 16.1. The van der Waals surface area contributed by atoms with Crippen molar-refractivity contribution in [2.75, 3.05) is 27.9 Å². The molecular formula is C16H23ClN2O3. The summed E-state index contributed by atoms with van der Waals surface area (Å²) >= 11 is 6.10. The standard InChI is InChI=1S/C16H23ClN2O3/c1-19(9-11-4-7-15(22-3)13(17)8-11)16(20)18-14-6-5-12(14)10-21-2/h4,7-8,12,14H,5-6,9-10H2,1-3H3,(H,18,20)/t12-,14-/m1/s1. The van der Waals surface area contributed by atoms with Gasteiger partial charge in [-0.05, 0) is 30.5 Å². The van der Waals surface area contributed by atoms with E-state index in [-0.39, 0.29) is 12.1 Å². The molecule has 1 saturated carbocycles. The van der Waals surface area contributed by atoms with Crippen molar-refractivity contribution < 1.29 is 14.3 Å². The van der Waals surface area contributed by atoms with E-state index in [4.69, 9.17) is 21.1 Å². The maximum atomic E-state index is 12.2. The van der Waals surface area contributed by atoms with Gasteiger partial charge in [-0.2, -0.15) is 0 Å². The molecule has 0 heterocycles. The minimum absolute atomic E-state index is 0.0715. The zero-order valence-corrected chi connectivity index (χ0v) is 14.0. The van der Waals surface area contributed by atoms with E-state index in [0.29, 0.717) is 29.8 Å². The van der Waals surface area contributed by atoms with E-state index in [1.807, 2.05) is 18.2 Å². The van der Waals surface area contributed by atoms with Gasteiger partial charge in [0.15, 0.2) is 0 Å². The number of hydrogen-bond acceptors (Lipinski definition) is 3. The molecule has 2 atom stereocenters. The molecule has 22 heavy (non-hydrogen) atoms. The van der Waals surface area contributed by atoms with Gasteiger partial charge in [-0.15, -0.1) is 0 Å². The van der Waals surface area contributed by atoms with Gasteiger partial charge in [0, 0.05) is 32.7 Å². The van der Waals surface area contributed by atoms with E-state index in [1.165, 1.54) is 0 Å². The SMILES string of the molecule is COC[C@H]1CC[C@H]1NC(=O)N(C)Cc1ccc(OC)c(Cl)c1. The quantitative estimate of drug-likeness (QED) is 0.874. The van der Waals surface area contributed by atoms with Gasteiger partial charge in [0.2, 0.25) is 0 Å². The van der Waals surface area contributed by atoms with Crippen LogP contribution in [0.25, 0.3) is 0 Å². The van der Waals surface area contributed by atoms with Crippen LogP contribution in [0, 0.1) is 5.92 Å². The molecule has 2 rings (SSSR count). The van der Waals surface area contributed by atoms with Crippen LogP contribution in [0.5, 0.6) is 5.75 Å². The number of hydrogen-bond donors (Lipinski definition) is 1. The summed E-state index contributed by atoms with van der Waals surface area (Å²) in [7, 11) is 5.05. The van der Waals surface area contributed by atoms with Crippen LogP contribution in [0.1, 0.15) is 18.4 Å². The highest BCUT2D eigenvalue weighted by atomic mass is 35.5. The fourth-order valence-electron chi connectivity index (χ4n) is 2.60. The van der Waals surface area contributed by atoms with Crippen LogP contribution in [-0.4, -0.2) is 44.8 Å². The minimum atomic E-state index is -0.0715. The lowest BCUT2D eigenvalue weighted by Crippen LogP contribution is -2.51. The largest absolute Gasteiger partial charge is 0.495 e. The van der Waals surface area contributed by atoms with Gasteiger partial charge < -0.3 is 19.7 Å². The second kappa shape index (κ2) is 7.70. The van der Waals surface area contributed by atoms with Gasteiger partial charge in [-0.3, -0.25) is 0 Å². The van der Waals surface area contributed by atoms with Gasteiger partial charge >= 0.3 is 6.03 Å². The van der Waals surface area contributed by atoms with Crippen LogP contribution in [0.2, 0.25) is 5.02 Å². The number of carbonyl (C=O) groups is 1. The molecular weight excluding hydrogens is 304 g/mol. The Morgan fingerprint density at radius 3 is 2.73 bits per heavy atom. The van der Waals surface area contributed by atoms with Crippen LogP contribution in [0.3, 0.4) is 0 Å². The first-order valence-corrected chi connectivity index (χ1v) is 7.76. The fraction of sp³-hybridized carbons (Fsp3) is 0.562. The van der Waals surface area contributed by atoms with E-state index in [9.17, 15) is 4.79 Å². The summed E-state index contributed by atoms with van der Waals surface area (Å²) in [6.07, 6.45) is 2.12. The molecule has 0 bridgehead atoms. The third-order valence-electron chi connectivity index (χ3n) is 4.09. The molecule has 1 aromatic rings. The topological polar surface area (TPSA) is 50.8 Å². The first-order valence-electron chi connectivity index (χ1n) is 7.38. The van der Waals surface area contributed by atoms with Crippen molar-refractivity contribution in [2.45, 2.75) is 25.4 Å². The average molecular weight is 327 g/mol. The molecule has 0 aliphatic heterocycles. The Morgan fingerprint density at radius 2 is 2.18 bits per heavy atom. The second-order valence-electron chi connectivity index (χ2n) is 5.67. The molecule has 1 fully saturated rings. The Morgan fingerprint density at radius 1 is 1.41 bits per heavy atom. The number of benzene rings is 1. The summed E-state index contributed by atoms with van der Waals surface area (Å²) < 4.78 is 10.3. The second-order valence-corrected chi connectivity index (χ2v) is 6.08. The number of nitrogens with zero attached hydrogens (tertiary/aromatic N) is 1. The highest BCUT2D eigenvalue weighted by Gasteiger charge is 2.32. The molecule has 1 N–H and O–H groups in total. The molecule has 0 unspecified atom stereocenters. The fourth-order valence-corrected chi connectivity index (χ4v) is 2.88. The zero-order valence-electron chi connectivity index (χ0n) is 13.3. The molecule has 122 valence electrons. The monoisotopic (exact) mass is 326 g/mol. The van der Waals surface area contributed by atoms with Crippen molar-refractivity contribution in [3.63, 3.8) is 0 Å². The van der Waals surface area contributed by atoms with Crippen LogP contribution in [0.4, 0.5) is 4.79 Å². The normalized spacial score (nSPS) is 20.2. The third-order valence-corrected chi connectivity index (χ3v) is 4.39. The molecule has 0 radical (unpaired) electrons. The summed E-state index contributed by atoms with van der Waals surface area (Å²) in [4.78, 5) is 13.9. The molecule has 5 nitrogen and oxygen atoms in total. The Kier molecular flexibility index (Phi) is 5.91. The van der Waals surface area contributed by atoms with Gasteiger partial charge in [0.1, 0.15) is 5.75 Å². The Bertz CT molecular complexity index is 524. The third kappa shape index (κ3) is 4.05. The van der Waals surface area contributed by atoms with Crippen molar-refractivity contribution in [3.8, 4) is 5.75 Å². The number of halogens is 1. The smallest absolute Gasteiger partial charge is 0.317 e. The Hall–Kier alpha value is -1.46.